The first kappa shape index (κ1) is 13.5. The quantitative estimate of drug-likeness (QED) is 0.764. The zero-order valence-corrected chi connectivity index (χ0v) is 12.4. The van der Waals surface area contributed by atoms with Gasteiger partial charge in [0.2, 0.25) is 0 Å². The molecule has 0 bridgehead atoms. The monoisotopic (exact) mass is 285 g/mol. The van der Waals surface area contributed by atoms with Crippen LogP contribution in [0.25, 0.3) is 0 Å². The molecular weight excluding hydrogens is 266 g/mol. The van der Waals surface area contributed by atoms with Crippen LogP contribution in [0.5, 0.6) is 0 Å². The SMILES string of the molecule is ClCCCc1cccc(NCC2Cc3ccccc32)c1. The minimum absolute atomic E-state index is 0.665. The Balaban J connectivity index is 1.57. The van der Waals surface area contributed by atoms with Gasteiger partial charge < -0.3 is 5.32 Å². The zero-order chi connectivity index (χ0) is 13.8. The molecule has 2 heteroatoms. The lowest BCUT2D eigenvalue weighted by atomic mass is 9.77. The molecule has 0 spiro atoms. The van der Waals surface area contributed by atoms with Gasteiger partial charge in [0.1, 0.15) is 0 Å². The lowest BCUT2D eigenvalue weighted by molar-refractivity contribution is 0.636. The molecule has 2 aromatic carbocycles. The molecule has 1 nitrogen and oxygen atoms in total. The molecule has 0 fully saturated rings. The van der Waals surface area contributed by atoms with E-state index >= 15 is 0 Å². The van der Waals surface area contributed by atoms with Crippen molar-refractivity contribution in [1.82, 2.24) is 0 Å². The van der Waals surface area contributed by atoms with Crippen LogP contribution in [0.2, 0.25) is 0 Å². The Kier molecular flexibility index (Phi) is 4.27. The van der Waals surface area contributed by atoms with Gasteiger partial charge >= 0.3 is 0 Å². The van der Waals surface area contributed by atoms with E-state index in [9.17, 15) is 0 Å². The third-order valence-electron chi connectivity index (χ3n) is 4.04. The molecule has 104 valence electrons. The van der Waals surface area contributed by atoms with E-state index in [1.54, 1.807) is 0 Å². The van der Waals surface area contributed by atoms with E-state index in [0.29, 0.717) is 5.92 Å². The third kappa shape index (κ3) is 2.99. The minimum Gasteiger partial charge on any atom is -0.384 e. The predicted octanol–water partition coefficient (Wildman–Crippen LogP) is 4.61. The molecule has 0 aromatic heterocycles. The van der Waals surface area contributed by atoms with Crippen molar-refractivity contribution in [2.75, 3.05) is 17.7 Å². The summed E-state index contributed by atoms with van der Waals surface area (Å²) in [5.74, 6) is 1.40. The molecule has 2 aromatic rings. The zero-order valence-electron chi connectivity index (χ0n) is 11.6. The normalized spacial score (nSPS) is 16.4. The Hall–Kier alpha value is -1.47. The molecule has 0 heterocycles. The Labute approximate surface area is 126 Å². The van der Waals surface area contributed by atoms with Gasteiger partial charge in [0.05, 0.1) is 0 Å². The highest BCUT2D eigenvalue weighted by atomic mass is 35.5. The summed E-state index contributed by atoms with van der Waals surface area (Å²) >= 11 is 5.75. The molecule has 1 atom stereocenters. The van der Waals surface area contributed by atoms with E-state index < -0.39 is 0 Å². The number of hydrogen-bond donors (Lipinski definition) is 1. The van der Waals surface area contributed by atoms with Gasteiger partial charge in [-0.25, -0.2) is 0 Å². The number of rotatable bonds is 6. The van der Waals surface area contributed by atoms with E-state index in [-0.39, 0.29) is 0 Å². The lowest BCUT2D eigenvalue weighted by Gasteiger charge is -2.30. The highest BCUT2D eigenvalue weighted by Gasteiger charge is 2.24. The fourth-order valence-corrected chi connectivity index (χ4v) is 3.03. The van der Waals surface area contributed by atoms with Crippen LogP contribution in [0.15, 0.2) is 48.5 Å². The number of halogens is 1. The summed E-state index contributed by atoms with van der Waals surface area (Å²) in [4.78, 5) is 0. The molecular formula is C18H20ClN. The standard InChI is InChI=1S/C18H20ClN/c19-10-4-6-14-5-3-8-17(11-14)20-13-16-12-15-7-1-2-9-18(15)16/h1-3,5,7-9,11,16,20H,4,6,10,12-13H2. The van der Waals surface area contributed by atoms with Gasteiger partial charge in [-0.1, -0.05) is 36.4 Å². The first-order chi connectivity index (χ1) is 9.86. The van der Waals surface area contributed by atoms with Crippen molar-refractivity contribution in [2.45, 2.75) is 25.2 Å². The second kappa shape index (κ2) is 6.32. The first-order valence-electron chi connectivity index (χ1n) is 7.33. The first-order valence-corrected chi connectivity index (χ1v) is 7.87. The molecule has 1 unspecified atom stereocenters. The Morgan fingerprint density at radius 3 is 2.85 bits per heavy atom. The maximum atomic E-state index is 5.75. The Bertz CT molecular complexity index is 579. The number of anilines is 1. The number of nitrogens with one attached hydrogen (secondary N) is 1. The van der Waals surface area contributed by atoms with E-state index in [1.807, 2.05) is 0 Å². The molecule has 0 amide bonds. The van der Waals surface area contributed by atoms with Crippen LogP contribution in [0.1, 0.15) is 29.0 Å². The van der Waals surface area contributed by atoms with Gasteiger partial charge in [-0.3, -0.25) is 0 Å². The molecule has 1 aliphatic rings. The number of benzene rings is 2. The maximum absolute atomic E-state index is 5.75. The fourth-order valence-electron chi connectivity index (χ4n) is 2.89. The van der Waals surface area contributed by atoms with Crippen LogP contribution >= 0.6 is 11.6 Å². The smallest absolute Gasteiger partial charge is 0.0343 e. The largest absolute Gasteiger partial charge is 0.384 e. The number of aryl methyl sites for hydroxylation is 1. The van der Waals surface area contributed by atoms with Crippen LogP contribution in [0.3, 0.4) is 0 Å². The Morgan fingerprint density at radius 2 is 2.00 bits per heavy atom. The van der Waals surface area contributed by atoms with Gasteiger partial charge in [-0.15, -0.1) is 11.6 Å². The molecule has 0 radical (unpaired) electrons. The number of fused-ring (bicyclic) bond motifs is 1. The third-order valence-corrected chi connectivity index (χ3v) is 4.31. The average Bonchev–Trinajstić information content (AvgIpc) is 2.46. The molecule has 20 heavy (non-hydrogen) atoms. The van der Waals surface area contributed by atoms with E-state index in [4.69, 9.17) is 11.6 Å². The van der Waals surface area contributed by atoms with Gasteiger partial charge in [0.25, 0.3) is 0 Å². The predicted molar refractivity (Wildman–Crippen MR) is 86.9 cm³/mol. The molecule has 0 saturated carbocycles. The highest BCUT2D eigenvalue weighted by molar-refractivity contribution is 6.17. The summed E-state index contributed by atoms with van der Waals surface area (Å²) in [6, 6.07) is 17.4. The van der Waals surface area contributed by atoms with Crippen molar-refractivity contribution in [3.63, 3.8) is 0 Å². The summed E-state index contributed by atoms with van der Waals surface area (Å²) in [5, 5.41) is 3.57. The van der Waals surface area contributed by atoms with Crippen molar-refractivity contribution in [2.24, 2.45) is 0 Å². The van der Waals surface area contributed by atoms with E-state index in [1.165, 1.54) is 28.8 Å². The Morgan fingerprint density at radius 1 is 1.10 bits per heavy atom. The molecule has 1 aliphatic carbocycles. The van der Waals surface area contributed by atoms with Crippen LogP contribution in [-0.2, 0) is 12.8 Å². The van der Waals surface area contributed by atoms with Crippen molar-refractivity contribution < 1.29 is 0 Å². The second-order valence-electron chi connectivity index (χ2n) is 5.47. The minimum atomic E-state index is 0.665. The average molecular weight is 286 g/mol. The van der Waals surface area contributed by atoms with Crippen molar-refractivity contribution in [1.29, 1.82) is 0 Å². The topological polar surface area (TPSA) is 12.0 Å². The summed E-state index contributed by atoms with van der Waals surface area (Å²) in [6.45, 7) is 1.02. The van der Waals surface area contributed by atoms with Crippen molar-refractivity contribution >= 4 is 17.3 Å². The second-order valence-corrected chi connectivity index (χ2v) is 5.85. The number of alkyl halides is 1. The molecule has 3 rings (SSSR count). The van der Waals surface area contributed by atoms with Crippen LogP contribution in [-0.4, -0.2) is 12.4 Å². The summed E-state index contributed by atoms with van der Waals surface area (Å²) in [6.07, 6.45) is 3.31. The van der Waals surface area contributed by atoms with Crippen LogP contribution in [0, 0.1) is 0 Å². The van der Waals surface area contributed by atoms with Gasteiger partial charge in [-0.2, -0.15) is 0 Å². The summed E-state index contributed by atoms with van der Waals surface area (Å²) in [7, 11) is 0. The highest BCUT2D eigenvalue weighted by Crippen LogP contribution is 2.34. The molecule has 0 aliphatic heterocycles. The van der Waals surface area contributed by atoms with Crippen molar-refractivity contribution in [3.8, 4) is 0 Å². The van der Waals surface area contributed by atoms with E-state index in [0.717, 1.165) is 25.3 Å². The summed E-state index contributed by atoms with van der Waals surface area (Å²) < 4.78 is 0. The van der Waals surface area contributed by atoms with Crippen LogP contribution in [0.4, 0.5) is 5.69 Å². The summed E-state index contributed by atoms with van der Waals surface area (Å²) in [5.41, 5.74) is 5.61. The van der Waals surface area contributed by atoms with Gasteiger partial charge in [-0.05, 0) is 48.1 Å². The maximum Gasteiger partial charge on any atom is 0.0343 e. The molecule has 0 saturated heterocycles. The fraction of sp³-hybridized carbons (Fsp3) is 0.333. The van der Waals surface area contributed by atoms with Gasteiger partial charge in [0, 0.05) is 24.0 Å². The van der Waals surface area contributed by atoms with Gasteiger partial charge in [0.15, 0.2) is 0 Å². The molecule has 1 N–H and O–H groups in total. The van der Waals surface area contributed by atoms with Crippen molar-refractivity contribution in [3.05, 3.63) is 65.2 Å². The van der Waals surface area contributed by atoms with Crippen LogP contribution < -0.4 is 5.32 Å². The van der Waals surface area contributed by atoms with E-state index in [2.05, 4.69) is 53.8 Å². The lowest BCUT2D eigenvalue weighted by Crippen LogP contribution is -2.24. The number of hydrogen-bond acceptors (Lipinski definition) is 1.